The highest BCUT2D eigenvalue weighted by Gasteiger charge is 2.14. The number of amides is 2. The minimum Gasteiger partial charge on any atom is -0.477 e. The van der Waals surface area contributed by atoms with Crippen molar-refractivity contribution in [3.05, 3.63) is 15.6 Å². The number of carboxylic acid groups (broad SMARTS) is 1. The van der Waals surface area contributed by atoms with Crippen LogP contribution in [0, 0.1) is 19.3 Å². The van der Waals surface area contributed by atoms with Crippen molar-refractivity contribution in [1.82, 2.24) is 15.6 Å². The number of hydrogen-bond donors (Lipinski definition) is 3. The molecule has 20 heavy (non-hydrogen) atoms. The lowest BCUT2D eigenvalue weighted by molar-refractivity contribution is 0.0701. The van der Waals surface area contributed by atoms with Crippen molar-refractivity contribution in [3.63, 3.8) is 0 Å². The first kappa shape index (κ1) is 16.3. The number of hydrogen-bond acceptors (Lipinski definition) is 5. The fraction of sp³-hybridized carbons (Fsp3) is 0.417. The number of thioether (sulfide) groups is 1. The smallest absolute Gasteiger partial charge is 0.347 e. The van der Waals surface area contributed by atoms with E-state index in [2.05, 4.69) is 21.5 Å². The zero-order valence-electron chi connectivity index (χ0n) is 10.9. The zero-order valence-corrected chi connectivity index (χ0v) is 12.6. The number of nitrogens with one attached hydrogen (secondary N) is 2. The van der Waals surface area contributed by atoms with Gasteiger partial charge in [-0.2, -0.15) is 0 Å². The van der Waals surface area contributed by atoms with E-state index in [4.69, 9.17) is 11.5 Å². The summed E-state index contributed by atoms with van der Waals surface area (Å²) >= 11 is 2.63. The van der Waals surface area contributed by atoms with E-state index in [-0.39, 0.29) is 17.5 Å². The van der Waals surface area contributed by atoms with Gasteiger partial charge in [0.1, 0.15) is 9.88 Å². The van der Waals surface area contributed by atoms with Crippen LogP contribution < -0.4 is 10.6 Å². The second kappa shape index (κ2) is 8.45. The topological polar surface area (TPSA) is 91.3 Å². The molecule has 0 aliphatic rings. The first-order valence-electron chi connectivity index (χ1n) is 5.77. The van der Waals surface area contributed by atoms with Crippen molar-refractivity contribution in [2.75, 3.05) is 18.1 Å². The van der Waals surface area contributed by atoms with Gasteiger partial charge in [0, 0.05) is 12.3 Å². The van der Waals surface area contributed by atoms with Crippen LogP contribution in [0.4, 0.5) is 4.79 Å². The lowest BCUT2D eigenvalue weighted by atomic mass is 10.4. The van der Waals surface area contributed by atoms with E-state index in [0.717, 1.165) is 17.1 Å². The van der Waals surface area contributed by atoms with Crippen molar-refractivity contribution in [2.24, 2.45) is 0 Å². The summed E-state index contributed by atoms with van der Waals surface area (Å²) in [6, 6.07) is -0.309. The molecule has 0 aliphatic carbocycles. The summed E-state index contributed by atoms with van der Waals surface area (Å²) in [4.78, 5) is 26.6. The number of aromatic nitrogens is 1. The summed E-state index contributed by atoms with van der Waals surface area (Å²) in [5, 5.41) is 14.8. The van der Waals surface area contributed by atoms with Crippen LogP contribution in [0.1, 0.15) is 20.4 Å². The Kier molecular flexibility index (Phi) is 6.90. The lowest BCUT2D eigenvalue weighted by Gasteiger charge is -2.05. The molecule has 0 spiro atoms. The molecule has 6 nitrogen and oxygen atoms in total. The van der Waals surface area contributed by atoms with Crippen molar-refractivity contribution in [2.45, 2.75) is 13.5 Å². The Morgan fingerprint density at radius 2 is 2.25 bits per heavy atom. The predicted molar refractivity (Wildman–Crippen MR) is 80.2 cm³/mol. The highest BCUT2D eigenvalue weighted by atomic mass is 32.2. The van der Waals surface area contributed by atoms with Gasteiger partial charge in [-0.15, -0.1) is 29.5 Å². The Labute approximate surface area is 125 Å². The molecule has 0 unspecified atom stereocenters. The van der Waals surface area contributed by atoms with E-state index in [1.54, 1.807) is 18.7 Å². The van der Waals surface area contributed by atoms with Crippen LogP contribution in [-0.4, -0.2) is 40.1 Å². The molecule has 2 amide bonds. The second-order valence-corrected chi connectivity index (χ2v) is 5.88. The van der Waals surface area contributed by atoms with Crippen LogP contribution >= 0.6 is 23.1 Å². The maximum Gasteiger partial charge on any atom is 0.347 e. The average Bonchev–Trinajstić information content (AvgIpc) is 2.77. The average molecular weight is 313 g/mol. The molecule has 0 bridgehead atoms. The van der Waals surface area contributed by atoms with Crippen molar-refractivity contribution < 1.29 is 14.7 Å². The number of terminal acetylenes is 1. The maximum atomic E-state index is 11.5. The summed E-state index contributed by atoms with van der Waals surface area (Å²) in [5.74, 6) is 2.87. The molecule has 1 aromatic heterocycles. The number of aromatic carboxylic acids is 1. The van der Waals surface area contributed by atoms with Crippen LogP contribution in [0.25, 0.3) is 0 Å². The Bertz CT molecular complexity index is 523. The largest absolute Gasteiger partial charge is 0.477 e. The van der Waals surface area contributed by atoms with Gasteiger partial charge in [0.2, 0.25) is 0 Å². The molecular formula is C12H15N3O3S2. The normalized spacial score (nSPS) is 9.80. The first-order valence-corrected chi connectivity index (χ1v) is 7.74. The van der Waals surface area contributed by atoms with Gasteiger partial charge in [0.25, 0.3) is 0 Å². The molecule has 0 fully saturated rings. The third kappa shape index (κ3) is 5.50. The quantitative estimate of drug-likeness (QED) is 0.521. The van der Waals surface area contributed by atoms with Crippen molar-refractivity contribution in [1.29, 1.82) is 0 Å². The fourth-order valence-electron chi connectivity index (χ4n) is 1.31. The Hall–Kier alpha value is -1.72. The number of rotatable bonds is 7. The molecule has 1 rings (SSSR count). The number of nitrogens with zero attached hydrogens (tertiary/aromatic N) is 1. The minimum absolute atomic E-state index is 0.202. The van der Waals surface area contributed by atoms with Gasteiger partial charge in [-0.3, -0.25) is 0 Å². The molecule has 108 valence electrons. The van der Waals surface area contributed by atoms with Crippen LogP contribution in [0.15, 0.2) is 0 Å². The Morgan fingerprint density at radius 3 is 2.85 bits per heavy atom. The van der Waals surface area contributed by atoms with Crippen LogP contribution in [0.2, 0.25) is 0 Å². The van der Waals surface area contributed by atoms with E-state index in [1.165, 1.54) is 0 Å². The van der Waals surface area contributed by atoms with Crippen molar-refractivity contribution in [3.8, 4) is 12.3 Å². The van der Waals surface area contributed by atoms with E-state index < -0.39 is 5.97 Å². The van der Waals surface area contributed by atoms with Gasteiger partial charge in [-0.25, -0.2) is 14.6 Å². The molecule has 0 aromatic carbocycles. The minimum atomic E-state index is -0.999. The van der Waals surface area contributed by atoms with Crippen LogP contribution in [-0.2, 0) is 6.54 Å². The molecule has 0 saturated heterocycles. The van der Waals surface area contributed by atoms with E-state index in [9.17, 15) is 9.59 Å². The summed E-state index contributed by atoms with van der Waals surface area (Å²) in [7, 11) is 0. The molecule has 1 aromatic rings. The monoisotopic (exact) mass is 313 g/mol. The highest BCUT2D eigenvalue weighted by Crippen LogP contribution is 2.17. The standard InChI is InChI=1S/C12H15N3O3S2/c1-3-5-19-6-4-13-12(18)14-7-9-15-8(2)10(20-9)11(16)17/h1H,4-7H2,2H3,(H,16,17)(H2,13,14,18). The number of thiazole rings is 1. The number of carbonyl (C=O) groups excluding carboxylic acids is 1. The fourth-order valence-corrected chi connectivity index (χ4v) is 2.66. The molecule has 8 heteroatoms. The van der Waals surface area contributed by atoms with Crippen LogP contribution in [0.5, 0.6) is 0 Å². The van der Waals surface area contributed by atoms with E-state index in [0.29, 0.717) is 23.0 Å². The van der Waals surface area contributed by atoms with Gasteiger partial charge in [0.15, 0.2) is 0 Å². The Balaban J connectivity index is 2.29. The van der Waals surface area contributed by atoms with Gasteiger partial charge in [-0.05, 0) is 6.92 Å². The molecular weight excluding hydrogens is 298 g/mol. The second-order valence-electron chi connectivity index (χ2n) is 3.69. The summed E-state index contributed by atoms with van der Waals surface area (Å²) < 4.78 is 0. The predicted octanol–water partition coefficient (Wildman–Crippen LogP) is 1.32. The van der Waals surface area contributed by atoms with Crippen LogP contribution in [0.3, 0.4) is 0 Å². The van der Waals surface area contributed by atoms with Crippen molar-refractivity contribution >= 4 is 35.1 Å². The van der Waals surface area contributed by atoms with E-state index in [1.807, 2.05) is 0 Å². The van der Waals surface area contributed by atoms with Gasteiger partial charge >= 0.3 is 12.0 Å². The third-order valence-electron chi connectivity index (χ3n) is 2.15. The third-order valence-corrected chi connectivity index (χ3v) is 4.16. The van der Waals surface area contributed by atoms with E-state index >= 15 is 0 Å². The lowest BCUT2D eigenvalue weighted by Crippen LogP contribution is -2.36. The summed E-state index contributed by atoms with van der Waals surface area (Å²) in [5.41, 5.74) is 0.463. The van der Waals surface area contributed by atoms with Gasteiger partial charge in [-0.1, -0.05) is 5.92 Å². The number of aryl methyl sites for hydroxylation is 1. The molecule has 3 N–H and O–H groups in total. The number of carboxylic acids is 1. The molecule has 0 atom stereocenters. The maximum absolute atomic E-state index is 11.5. The highest BCUT2D eigenvalue weighted by molar-refractivity contribution is 7.99. The number of urea groups is 1. The van der Waals surface area contributed by atoms with Gasteiger partial charge in [0.05, 0.1) is 18.0 Å². The summed E-state index contributed by atoms with van der Waals surface area (Å²) in [6.07, 6.45) is 5.10. The molecule has 0 saturated carbocycles. The molecule has 0 radical (unpaired) electrons. The Morgan fingerprint density at radius 1 is 1.50 bits per heavy atom. The summed E-state index contributed by atoms with van der Waals surface area (Å²) in [6.45, 7) is 2.36. The van der Waals surface area contributed by atoms with Gasteiger partial charge < -0.3 is 15.7 Å². The molecule has 0 aliphatic heterocycles. The first-order chi connectivity index (χ1) is 9.54. The SMILES string of the molecule is C#CCSCCNC(=O)NCc1nc(C)c(C(=O)O)s1. The zero-order chi connectivity index (χ0) is 15.0. The molecule has 1 heterocycles. The number of carbonyl (C=O) groups is 2.